The molecule has 0 aromatic heterocycles. The normalized spacial score (nSPS) is 13.7. The Labute approximate surface area is 177 Å². The molecule has 31 heavy (non-hydrogen) atoms. The summed E-state index contributed by atoms with van der Waals surface area (Å²) in [5.74, 6) is -0.719. The van der Waals surface area contributed by atoms with Gasteiger partial charge in [0, 0.05) is 18.8 Å². The van der Waals surface area contributed by atoms with Crippen LogP contribution >= 0.6 is 0 Å². The molecule has 168 valence electrons. The number of carbonyl (C=O) groups is 1. The predicted octanol–water partition coefficient (Wildman–Crippen LogP) is 2.89. The van der Waals surface area contributed by atoms with Crippen LogP contribution in [0.3, 0.4) is 0 Å². The van der Waals surface area contributed by atoms with Gasteiger partial charge in [-0.1, -0.05) is 0 Å². The zero-order valence-electron chi connectivity index (χ0n) is 16.6. The summed E-state index contributed by atoms with van der Waals surface area (Å²) in [6.07, 6.45) is -4.85. The van der Waals surface area contributed by atoms with Crippen LogP contribution in [0.4, 0.5) is 18.9 Å². The lowest BCUT2D eigenvalue weighted by Gasteiger charge is -2.19. The molecular weight excluding hydrogens is 437 g/mol. The van der Waals surface area contributed by atoms with Crippen molar-refractivity contribution in [1.82, 2.24) is 4.72 Å². The molecule has 7 nitrogen and oxygen atoms in total. The zero-order valence-corrected chi connectivity index (χ0v) is 17.4. The van der Waals surface area contributed by atoms with E-state index in [1.165, 1.54) is 18.2 Å². The molecule has 2 aromatic rings. The highest BCUT2D eigenvalue weighted by molar-refractivity contribution is 7.89. The first-order valence-corrected chi connectivity index (χ1v) is 11.0. The molecule has 11 heteroatoms. The molecule has 3 rings (SSSR count). The summed E-state index contributed by atoms with van der Waals surface area (Å²) in [7, 11) is -3.89. The highest BCUT2D eigenvalue weighted by Crippen LogP contribution is 2.33. The van der Waals surface area contributed by atoms with Crippen molar-refractivity contribution in [1.29, 1.82) is 0 Å². The second kappa shape index (κ2) is 9.15. The number of nitrogens with one attached hydrogen (secondary N) is 1. The Bertz CT molecular complexity index is 1040. The summed E-state index contributed by atoms with van der Waals surface area (Å²) in [6, 6.07) is 10.6. The quantitative estimate of drug-likeness (QED) is 0.615. The minimum Gasteiger partial charge on any atom is -0.494 e. The van der Waals surface area contributed by atoms with E-state index in [0.717, 1.165) is 0 Å². The van der Waals surface area contributed by atoms with Crippen molar-refractivity contribution >= 4 is 21.6 Å². The molecule has 1 heterocycles. The van der Waals surface area contributed by atoms with Crippen LogP contribution in [0.2, 0.25) is 0 Å². The molecular formula is C20H21F3N2O5S. The number of rotatable bonds is 8. The molecule has 0 radical (unpaired) electrons. The van der Waals surface area contributed by atoms with Gasteiger partial charge in [-0.15, -0.1) is 0 Å². The number of hydrogen-bond donors (Lipinski definition) is 1. The number of ether oxygens (including phenoxy) is 2. The van der Waals surface area contributed by atoms with Crippen LogP contribution in [0.1, 0.15) is 12.5 Å². The van der Waals surface area contributed by atoms with E-state index in [4.69, 9.17) is 9.47 Å². The molecule has 0 spiro atoms. The first-order valence-electron chi connectivity index (χ1n) is 9.49. The van der Waals surface area contributed by atoms with Gasteiger partial charge in [-0.25, -0.2) is 13.1 Å². The van der Waals surface area contributed by atoms with Gasteiger partial charge in [0.05, 0.1) is 11.5 Å². The minimum atomic E-state index is -4.99. The molecule has 0 atom stereocenters. The smallest absolute Gasteiger partial charge is 0.471 e. The van der Waals surface area contributed by atoms with Gasteiger partial charge in [-0.2, -0.15) is 13.2 Å². The highest BCUT2D eigenvalue weighted by Gasteiger charge is 2.44. The Kier molecular flexibility index (Phi) is 6.75. The van der Waals surface area contributed by atoms with Crippen molar-refractivity contribution in [2.75, 3.05) is 31.2 Å². The molecule has 1 N–H and O–H groups in total. The molecule has 0 saturated heterocycles. The number of fused-ring (bicyclic) bond motifs is 1. The molecule has 1 amide bonds. The zero-order chi connectivity index (χ0) is 22.6. The van der Waals surface area contributed by atoms with Crippen molar-refractivity contribution in [3.63, 3.8) is 0 Å². The van der Waals surface area contributed by atoms with Crippen molar-refractivity contribution < 1.29 is 35.9 Å². The van der Waals surface area contributed by atoms with E-state index in [9.17, 15) is 26.4 Å². The van der Waals surface area contributed by atoms with E-state index in [1.54, 1.807) is 24.3 Å². The van der Waals surface area contributed by atoms with Crippen LogP contribution in [0, 0.1) is 0 Å². The number of anilines is 1. The van der Waals surface area contributed by atoms with E-state index >= 15 is 0 Å². The summed E-state index contributed by atoms with van der Waals surface area (Å²) >= 11 is 0. The first-order chi connectivity index (χ1) is 14.6. The highest BCUT2D eigenvalue weighted by atomic mass is 32.2. The number of halogens is 3. The molecule has 1 aliphatic heterocycles. The molecule has 0 bridgehead atoms. The van der Waals surface area contributed by atoms with Gasteiger partial charge in [0.25, 0.3) is 0 Å². The Morgan fingerprint density at radius 2 is 1.74 bits per heavy atom. The maximum absolute atomic E-state index is 12.7. The van der Waals surface area contributed by atoms with Crippen molar-refractivity contribution in [3.8, 4) is 11.5 Å². The number of alkyl halides is 3. The summed E-state index contributed by atoms with van der Waals surface area (Å²) in [4.78, 5) is 12.0. The number of carbonyl (C=O) groups excluding carboxylic acids is 1. The van der Waals surface area contributed by atoms with Crippen LogP contribution < -0.4 is 19.1 Å². The standard InChI is InChI=1S/C20H21F3N2O5S/c1-2-29-15-3-5-16(6-4-15)30-12-10-24-31(27,28)17-7-8-18-14(13-17)9-11-25(18)19(26)20(21,22)23/h3-8,13,24H,2,9-12H2,1H3. The topological polar surface area (TPSA) is 84.9 Å². The second-order valence-electron chi connectivity index (χ2n) is 6.65. The van der Waals surface area contributed by atoms with E-state index in [1.807, 2.05) is 6.92 Å². The predicted molar refractivity (Wildman–Crippen MR) is 107 cm³/mol. The van der Waals surface area contributed by atoms with Crippen LogP contribution in [0.5, 0.6) is 11.5 Å². The van der Waals surface area contributed by atoms with E-state index < -0.39 is 22.1 Å². The largest absolute Gasteiger partial charge is 0.494 e. The average Bonchev–Trinajstić information content (AvgIpc) is 3.14. The molecule has 0 unspecified atom stereocenters. The molecule has 0 saturated carbocycles. The number of benzene rings is 2. The van der Waals surface area contributed by atoms with Crippen molar-refractivity contribution in [3.05, 3.63) is 48.0 Å². The van der Waals surface area contributed by atoms with Crippen LogP contribution in [0.15, 0.2) is 47.4 Å². The molecule has 1 aliphatic rings. The van der Waals surface area contributed by atoms with Gasteiger partial charge in [-0.3, -0.25) is 4.79 Å². The summed E-state index contributed by atoms with van der Waals surface area (Å²) in [6.45, 7) is 2.33. The average molecular weight is 458 g/mol. The number of sulfonamides is 1. The third kappa shape index (κ3) is 5.47. The van der Waals surface area contributed by atoms with E-state index in [0.29, 0.717) is 28.6 Å². The van der Waals surface area contributed by atoms with Gasteiger partial charge in [0.15, 0.2) is 0 Å². The fraction of sp³-hybridized carbons (Fsp3) is 0.350. The van der Waals surface area contributed by atoms with Gasteiger partial charge in [0.2, 0.25) is 10.0 Å². The summed E-state index contributed by atoms with van der Waals surface area (Å²) in [5, 5.41) is 0. The lowest BCUT2D eigenvalue weighted by Crippen LogP contribution is -2.40. The Balaban J connectivity index is 1.58. The Morgan fingerprint density at radius 1 is 1.10 bits per heavy atom. The molecule has 0 aliphatic carbocycles. The van der Waals surface area contributed by atoms with Gasteiger partial charge < -0.3 is 14.4 Å². The minimum absolute atomic E-state index is 0.00862. The maximum Gasteiger partial charge on any atom is 0.471 e. The van der Waals surface area contributed by atoms with Crippen LogP contribution in [0.25, 0.3) is 0 Å². The van der Waals surface area contributed by atoms with Crippen LogP contribution in [-0.4, -0.2) is 46.8 Å². The lowest BCUT2D eigenvalue weighted by molar-refractivity contribution is -0.170. The lowest BCUT2D eigenvalue weighted by atomic mass is 10.2. The summed E-state index contributed by atoms with van der Waals surface area (Å²) in [5.41, 5.74) is 0.436. The SMILES string of the molecule is CCOc1ccc(OCCNS(=O)(=O)c2ccc3c(c2)CCN3C(=O)C(F)(F)F)cc1. The Morgan fingerprint density at radius 3 is 2.35 bits per heavy atom. The second-order valence-corrected chi connectivity index (χ2v) is 8.41. The van der Waals surface area contributed by atoms with Gasteiger partial charge in [-0.05, 0) is 61.4 Å². The third-order valence-corrected chi connectivity index (χ3v) is 6.00. The third-order valence-electron chi connectivity index (χ3n) is 4.54. The number of hydrogen-bond acceptors (Lipinski definition) is 5. The fourth-order valence-electron chi connectivity index (χ4n) is 3.14. The van der Waals surface area contributed by atoms with E-state index in [2.05, 4.69) is 4.72 Å². The van der Waals surface area contributed by atoms with Gasteiger partial charge >= 0.3 is 12.1 Å². The maximum atomic E-state index is 12.7. The van der Waals surface area contributed by atoms with Crippen LogP contribution in [-0.2, 0) is 21.2 Å². The number of amides is 1. The van der Waals surface area contributed by atoms with Crippen molar-refractivity contribution in [2.45, 2.75) is 24.4 Å². The number of nitrogens with zero attached hydrogens (tertiary/aromatic N) is 1. The monoisotopic (exact) mass is 458 g/mol. The summed E-state index contributed by atoms with van der Waals surface area (Å²) < 4.78 is 76.3. The van der Waals surface area contributed by atoms with E-state index in [-0.39, 0.29) is 36.7 Å². The van der Waals surface area contributed by atoms with Crippen molar-refractivity contribution in [2.24, 2.45) is 0 Å². The Hall–Kier alpha value is -2.79. The molecule has 0 fully saturated rings. The molecule has 2 aromatic carbocycles. The van der Waals surface area contributed by atoms with Gasteiger partial charge in [0.1, 0.15) is 18.1 Å². The fourth-order valence-corrected chi connectivity index (χ4v) is 4.20. The first kappa shape index (κ1) is 22.9.